The van der Waals surface area contributed by atoms with Gasteiger partial charge in [-0.3, -0.25) is 9.59 Å². The van der Waals surface area contributed by atoms with Crippen LogP contribution in [0.25, 0.3) is 5.69 Å². The van der Waals surface area contributed by atoms with Crippen LogP contribution in [-0.4, -0.2) is 33.3 Å². The predicted molar refractivity (Wildman–Crippen MR) is 91.8 cm³/mol. The molecule has 1 aromatic heterocycles. The second kappa shape index (κ2) is 7.49. The number of carbonyl (C=O) groups excluding carboxylic acids is 1. The molecule has 0 saturated carbocycles. The van der Waals surface area contributed by atoms with Crippen molar-refractivity contribution in [2.24, 2.45) is 5.92 Å². The van der Waals surface area contributed by atoms with Crippen LogP contribution in [0.15, 0.2) is 30.5 Å². The average molecular weight is 350 g/mol. The molecule has 2 N–H and O–H groups in total. The number of aliphatic carboxylic acids is 1. The lowest BCUT2D eigenvalue weighted by Crippen LogP contribution is -2.32. The number of benzene rings is 1. The zero-order valence-electron chi connectivity index (χ0n) is 13.8. The molecular weight excluding hydrogens is 330 g/mol. The van der Waals surface area contributed by atoms with Crippen LogP contribution in [0.2, 0.25) is 5.02 Å². The van der Waals surface area contributed by atoms with Gasteiger partial charge < -0.3 is 10.4 Å². The van der Waals surface area contributed by atoms with E-state index in [1.54, 1.807) is 23.7 Å². The van der Waals surface area contributed by atoms with Gasteiger partial charge >= 0.3 is 5.97 Å². The lowest BCUT2D eigenvalue weighted by molar-refractivity contribution is -0.140. The van der Waals surface area contributed by atoms with E-state index < -0.39 is 11.9 Å². The Labute approximate surface area is 145 Å². The number of carboxylic acids is 1. The molecule has 0 saturated heterocycles. The van der Waals surface area contributed by atoms with Crippen molar-refractivity contribution in [2.45, 2.75) is 26.7 Å². The van der Waals surface area contributed by atoms with Gasteiger partial charge in [-0.15, -0.1) is 0 Å². The van der Waals surface area contributed by atoms with Gasteiger partial charge in [0.15, 0.2) is 0 Å². The highest BCUT2D eigenvalue weighted by Gasteiger charge is 2.22. The highest BCUT2D eigenvalue weighted by Crippen LogP contribution is 2.24. The monoisotopic (exact) mass is 349 g/mol. The molecular formula is C17H20ClN3O3. The van der Waals surface area contributed by atoms with Crippen molar-refractivity contribution >= 4 is 23.5 Å². The highest BCUT2D eigenvalue weighted by molar-refractivity contribution is 6.30. The topological polar surface area (TPSA) is 84.2 Å². The van der Waals surface area contributed by atoms with Crippen LogP contribution in [0, 0.1) is 5.92 Å². The van der Waals surface area contributed by atoms with Gasteiger partial charge in [-0.25, -0.2) is 4.68 Å². The standard InChI is InChI=1S/C17H20ClN3O3/c1-10(2)15-14(16(22)19-8-11(3)17(23)24)9-20-21(15)13-6-4-5-12(18)7-13/h4-7,9-11H,8H2,1-3H3,(H,19,22)(H,23,24). The molecule has 1 unspecified atom stereocenters. The Kier molecular flexibility index (Phi) is 5.62. The molecule has 128 valence electrons. The van der Waals surface area contributed by atoms with Gasteiger partial charge in [0.05, 0.1) is 29.1 Å². The molecule has 7 heteroatoms. The van der Waals surface area contributed by atoms with Crippen LogP contribution < -0.4 is 5.32 Å². The minimum absolute atomic E-state index is 0.0455. The maximum atomic E-state index is 12.4. The number of hydrogen-bond donors (Lipinski definition) is 2. The SMILES string of the molecule is CC(CNC(=O)c1cnn(-c2cccc(Cl)c2)c1C(C)C)C(=O)O. The smallest absolute Gasteiger partial charge is 0.308 e. The number of hydrogen-bond acceptors (Lipinski definition) is 3. The number of carboxylic acid groups (broad SMARTS) is 1. The highest BCUT2D eigenvalue weighted by atomic mass is 35.5. The fourth-order valence-electron chi connectivity index (χ4n) is 2.33. The summed E-state index contributed by atoms with van der Waals surface area (Å²) in [7, 11) is 0. The number of nitrogens with one attached hydrogen (secondary N) is 1. The maximum absolute atomic E-state index is 12.4. The van der Waals surface area contributed by atoms with Crippen molar-refractivity contribution in [1.82, 2.24) is 15.1 Å². The number of aromatic nitrogens is 2. The first-order valence-corrected chi connectivity index (χ1v) is 8.04. The fourth-order valence-corrected chi connectivity index (χ4v) is 2.51. The van der Waals surface area contributed by atoms with E-state index in [4.69, 9.17) is 16.7 Å². The normalized spacial score (nSPS) is 12.2. The van der Waals surface area contributed by atoms with Gasteiger partial charge in [0.1, 0.15) is 0 Å². The van der Waals surface area contributed by atoms with Crippen LogP contribution in [0.1, 0.15) is 42.7 Å². The van der Waals surface area contributed by atoms with E-state index in [1.165, 1.54) is 6.20 Å². The molecule has 2 rings (SSSR count). The van der Waals surface area contributed by atoms with Crippen LogP contribution in [0.5, 0.6) is 0 Å². The Morgan fingerprint density at radius 2 is 2.04 bits per heavy atom. The summed E-state index contributed by atoms with van der Waals surface area (Å²) in [5.74, 6) is -1.89. The maximum Gasteiger partial charge on any atom is 0.308 e. The second-order valence-electron chi connectivity index (χ2n) is 5.94. The summed E-state index contributed by atoms with van der Waals surface area (Å²) in [6, 6.07) is 7.22. The third kappa shape index (κ3) is 3.94. The molecule has 6 nitrogen and oxygen atoms in total. The summed E-state index contributed by atoms with van der Waals surface area (Å²) in [5, 5.41) is 16.5. The molecule has 0 aliphatic carbocycles. The molecule has 0 bridgehead atoms. The zero-order chi connectivity index (χ0) is 17.9. The molecule has 0 radical (unpaired) electrons. The summed E-state index contributed by atoms with van der Waals surface area (Å²) >= 11 is 6.03. The number of amides is 1. The van der Waals surface area contributed by atoms with Gasteiger partial charge in [-0.1, -0.05) is 38.4 Å². The zero-order valence-corrected chi connectivity index (χ0v) is 14.5. The van der Waals surface area contributed by atoms with Crippen molar-refractivity contribution in [3.63, 3.8) is 0 Å². The first kappa shape index (κ1) is 18.0. The van der Waals surface area contributed by atoms with Gasteiger partial charge in [0, 0.05) is 11.6 Å². The van der Waals surface area contributed by atoms with Gasteiger partial charge in [0.2, 0.25) is 0 Å². The molecule has 0 spiro atoms. The lowest BCUT2D eigenvalue weighted by Gasteiger charge is -2.14. The first-order valence-electron chi connectivity index (χ1n) is 7.66. The minimum Gasteiger partial charge on any atom is -0.481 e. The van der Waals surface area contributed by atoms with Crippen LogP contribution in [-0.2, 0) is 4.79 Å². The van der Waals surface area contributed by atoms with E-state index >= 15 is 0 Å². The molecule has 2 aromatic rings. The van der Waals surface area contributed by atoms with Crippen molar-refractivity contribution in [3.05, 3.63) is 46.7 Å². The number of carbonyl (C=O) groups is 2. The summed E-state index contributed by atoms with van der Waals surface area (Å²) in [4.78, 5) is 23.3. The Morgan fingerprint density at radius 3 is 2.62 bits per heavy atom. The molecule has 0 fully saturated rings. The van der Waals surface area contributed by atoms with Crippen molar-refractivity contribution < 1.29 is 14.7 Å². The lowest BCUT2D eigenvalue weighted by atomic mass is 10.0. The largest absolute Gasteiger partial charge is 0.481 e. The molecule has 1 heterocycles. The van der Waals surface area contributed by atoms with E-state index in [-0.39, 0.29) is 18.4 Å². The molecule has 24 heavy (non-hydrogen) atoms. The van der Waals surface area contributed by atoms with Crippen LogP contribution in [0.3, 0.4) is 0 Å². The van der Waals surface area contributed by atoms with Gasteiger partial charge in [-0.2, -0.15) is 5.10 Å². The van der Waals surface area contributed by atoms with Crippen molar-refractivity contribution in [3.8, 4) is 5.69 Å². The summed E-state index contributed by atoms with van der Waals surface area (Å²) in [5.41, 5.74) is 1.95. The van der Waals surface area contributed by atoms with E-state index in [9.17, 15) is 9.59 Å². The summed E-state index contributed by atoms with van der Waals surface area (Å²) < 4.78 is 1.69. The van der Waals surface area contributed by atoms with E-state index in [2.05, 4.69) is 10.4 Å². The molecule has 1 atom stereocenters. The van der Waals surface area contributed by atoms with E-state index in [0.29, 0.717) is 10.6 Å². The molecule has 1 amide bonds. The quantitative estimate of drug-likeness (QED) is 0.839. The molecule has 0 aliphatic rings. The van der Waals surface area contributed by atoms with Crippen molar-refractivity contribution in [1.29, 1.82) is 0 Å². The Balaban J connectivity index is 2.32. The predicted octanol–water partition coefficient (Wildman–Crippen LogP) is 3.10. The van der Waals surface area contributed by atoms with Gasteiger partial charge in [0.25, 0.3) is 5.91 Å². The van der Waals surface area contributed by atoms with Crippen LogP contribution >= 0.6 is 11.6 Å². The van der Waals surface area contributed by atoms with Crippen LogP contribution in [0.4, 0.5) is 0 Å². The summed E-state index contributed by atoms with van der Waals surface area (Å²) in [6.07, 6.45) is 1.50. The second-order valence-corrected chi connectivity index (χ2v) is 6.38. The van der Waals surface area contributed by atoms with Crippen molar-refractivity contribution in [2.75, 3.05) is 6.54 Å². The molecule has 0 aliphatic heterocycles. The fraction of sp³-hybridized carbons (Fsp3) is 0.353. The third-order valence-corrected chi connectivity index (χ3v) is 3.88. The minimum atomic E-state index is -0.950. The average Bonchev–Trinajstić information content (AvgIpc) is 2.97. The first-order chi connectivity index (χ1) is 11.3. The Hall–Kier alpha value is -2.34. The summed E-state index contributed by atoms with van der Waals surface area (Å²) in [6.45, 7) is 5.54. The third-order valence-electron chi connectivity index (χ3n) is 3.64. The number of nitrogens with zero attached hydrogens (tertiary/aromatic N) is 2. The number of rotatable bonds is 6. The Bertz CT molecular complexity index is 755. The van der Waals surface area contributed by atoms with E-state index in [1.807, 2.05) is 26.0 Å². The number of halogens is 1. The van der Waals surface area contributed by atoms with Gasteiger partial charge in [-0.05, 0) is 24.1 Å². The van der Waals surface area contributed by atoms with E-state index in [0.717, 1.165) is 11.4 Å². The Morgan fingerprint density at radius 1 is 1.33 bits per heavy atom. The molecule has 1 aromatic carbocycles.